The van der Waals surface area contributed by atoms with Gasteiger partial charge in [0.1, 0.15) is 11.9 Å². The molecule has 0 aliphatic carbocycles. The first kappa shape index (κ1) is 22.6. The Morgan fingerprint density at radius 1 is 1.10 bits per heavy atom. The van der Waals surface area contributed by atoms with Gasteiger partial charge in [-0.3, -0.25) is 4.79 Å². The topological polar surface area (TPSA) is 75.7 Å². The minimum Gasteiger partial charge on any atom is -0.490 e. The summed E-state index contributed by atoms with van der Waals surface area (Å²) < 4.78 is 33.5. The number of rotatable bonds is 6. The minimum absolute atomic E-state index is 0.0391. The highest BCUT2D eigenvalue weighted by molar-refractivity contribution is 7.89. The lowest BCUT2D eigenvalue weighted by Gasteiger charge is -2.33. The largest absolute Gasteiger partial charge is 0.490 e. The predicted molar refractivity (Wildman–Crippen MR) is 117 cm³/mol. The Labute approximate surface area is 183 Å². The lowest BCUT2D eigenvalue weighted by molar-refractivity contribution is -0.134. The summed E-state index contributed by atoms with van der Waals surface area (Å²) in [5, 5.41) is 0.448. The number of hydrogen-bond donors (Lipinski definition) is 1. The number of benzene rings is 2. The molecule has 1 fully saturated rings. The molecule has 0 spiro atoms. The van der Waals surface area contributed by atoms with E-state index < -0.39 is 16.1 Å². The van der Waals surface area contributed by atoms with E-state index in [4.69, 9.17) is 16.3 Å². The van der Waals surface area contributed by atoms with Gasteiger partial charge in [0.15, 0.2) is 0 Å². The van der Waals surface area contributed by atoms with Crippen molar-refractivity contribution in [3.05, 3.63) is 58.6 Å². The molecule has 30 heavy (non-hydrogen) atoms. The van der Waals surface area contributed by atoms with E-state index >= 15 is 0 Å². The van der Waals surface area contributed by atoms with Crippen LogP contribution in [0.1, 0.15) is 30.9 Å². The molecule has 0 radical (unpaired) electrons. The van der Waals surface area contributed by atoms with Crippen LogP contribution in [-0.2, 0) is 14.8 Å². The smallest absolute Gasteiger partial charge is 0.241 e. The molecule has 0 bridgehead atoms. The van der Waals surface area contributed by atoms with Gasteiger partial charge in [-0.15, -0.1) is 0 Å². The van der Waals surface area contributed by atoms with Crippen molar-refractivity contribution in [3.8, 4) is 5.75 Å². The maximum atomic E-state index is 12.7. The third-order valence-electron chi connectivity index (χ3n) is 5.36. The summed E-state index contributed by atoms with van der Waals surface area (Å²) in [6.45, 7) is 6.73. The first-order chi connectivity index (χ1) is 14.2. The molecule has 0 aromatic heterocycles. The molecule has 1 amide bonds. The lowest BCUT2D eigenvalue weighted by atomic mass is 10.1. The number of amides is 1. The van der Waals surface area contributed by atoms with Gasteiger partial charge in [-0.05, 0) is 68.3 Å². The lowest BCUT2D eigenvalue weighted by Crippen LogP contribution is -2.50. The number of nitrogens with zero attached hydrogens (tertiary/aromatic N) is 1. The van der Waals surface area contributed by atoms with Crippen molar-refractivity contribution in [2.45, 2.75) is 50.7 Å². The Morgan fingerprint density at radius 3 is 2.33 bits per heavy atom. The Kier molecular flexibility index (Phi) is 7.06. The van der Waals surface area contributed by atoms with E-state index in [0.717, 1.165) is 5.75 Å². The summed E-state index contributed by atoms with van der Waals surface area (Å²) in [5.74, 6) is 0.601. The van der Waals surface area contributed by atoms with Crippen LogP contribution in [0.5, 0.6) is 5.75 Å². The SMILES string of the molecule is Cc1ccc(OC2CCN(C(=O)[C@H](C)NS(=O)(=O)c3ccc(Cl)cc3)CC2)cc1C. The molecule has 162 valence electrons. The van der Waals surface area contributed by atoms with Crippen molar-refractivity contribution in [2.24, 2.45) is 0 Å². The summed E-state index contributed by atoms with van der Waals surface area (Å²) in [7, 11) is -3.80. The second-order valence-corrected chi connectivity index (χ2v) is 9.84. The van der Waals surface area contributed by atoms with Crippen LogP contribution >= 0.6 is 11.6 Å². The van der Waals surface area contributed by atoms with Crippen molar-refractivity contribution < 1.29 is 17.9 Å². The zero-order valence-electron chi connectivity index (χ0n) is 17.4. The van der Waals surface area contributed by atoms with E-state index in [-0.39, 0.29) is 16.9 Å². The predicted octanol–water partition coefficient (Wildman–Crippen LogP) is 3.69. The second kappa shape index (κ2) is 9.37. The molecule has 1 atom stereocenters. The Morgan fingerprint density at radius 2 is 1.73 bits per heavy atom. The highest BCUT2D eigenvalue weighted by atomic mass is 35.5. The molecular formula is C22H27ClN2O4S. The van der Waals surface area contributed by atoms with Gasteiger partial charge in [0.25, 0.3) is 0 Å². The number of ether oxygens (including phenoxy) is 1. The van der Waals surface area contributed by atoms with Gasteiger partial charge in [-0.1, -0.05) is 17.7 Å². The van der Waals surface area contributed by atoms with Crippen molar-refractivity contribution >= 4 is 27.5 Å². The van der Waals surface area contributed by atoms with Crippen LogP contribution in [0.15, 0.2) is 47.4 Å². The van der Waals surface area contributed by atoms with Crippen molar-refractivity contribution in [2.75, 3.05) is 13.1 Å². The van der Waals surface area contributed by atoms with Crippen LogP contribution in [0.4, 0.5) is 0 Å². The van der Waals surface area contributed by atoms with Gasteiger partial charge in [0, 0.05) is 31.0 Å². The van der Waals surface area contributed by atoms with Crippen molar-refractivity contribution in [1.29, 1.82) is 0 Å². The molecule has 2 aromatic rings. The second-order valence-electron chi connectivity index (χ2n) is 7.69. The normalized spacial score (nSPS) is 16.3. The molecule has 1 N–H and O–H groups in total. The Hall–Kier alpha value is -2.09. The van der Waals surface area contributed by atoms with E-state index in [2.05, 4.69) is 18.6 Å². The summed E-state index contributed by atoms with van der Waals surface area (Å²) in [5.41, 5.74) is 2.40. The monoisotopic (exact) mass is 450 g/mol. The number of aryl methyl sites for hydroxylation is 2. The summed E-state index contributed by atoms with van der Waals surface area (Å²) in [4.78, 5) is 14.5. The maximum absolute atomic E-state index is 12.7. The number of carbonyl (C=O) groups excluding carboxylic acids is 1. The number of likely N-dealkylation sites (tertiary alicyclic amines) is 1. The molecule has 0 unspecified atom stereocenters. The van der Waals surface area contributed by atoms with E-state index in [0.29, 0.717) is 31.0 Å². The van der Waals surface area contributed by atoms with E-state index in [9.17, 15) is 13.2 Å². The first-order valence-corrected chi connectivity index (χ1v) is 11.8. The zero-order chi connectivity index (χ0) is 21.9. The molecule has 1 aliphatic rings. The third-order valence-corrected chi connectivity index (χ3v) is 7.17. The number of nitrogens with one attached hydrogen (secondary N) is 1. The third kappa shape index (κ3) is 5.53. The van der Waals surface area contributed by atoms with Gasteiger partial charge in [0.2, 0.25) is 15.9 Å². The zero-order valence-corrected chi connectivity index (χ0v) is 19.0. The summed E-state index contributed by atoms with van der Waals surface area (Å²) in [6, 6.07) is 11.0. The number of hydrogen-bond acceptors (Lipinski definition) is 4. The molecule has 0 saturated carbocycles. The molecule has 2 aromatic carbocycles. The standard InChI is InChI=1S/C22H27ClN2O4S/c1-15-4-7-20(14-16(15)2)29-19-10-12-25(13-11-19)22(26)17(3)24-30(27,28)21-8-5-18(23)6-9-21/h4-9,14,17,19,24H,10-13H2,1-3H3/t17-/m0/s1. The van der Waals surface area contributed by atoms with Crippen LogP contribution in [0.3, 0.4) is 0 Å². The minimum atomic E-state index is -3.80. The average molecular weight is 451 g/mol. The molecular weight excluding hydrogens is 424 g/mol. The molecule has 3 rings (SSSR count). The summed E-state index contributed by atoms with van der Waals surface area (Å²) >= 11 is 5.81. The molecule has 8 heteroatoms. The number of sulfonamides is 1. The number of carbonyl (C=O) groups is 1. The van der Waals surface area contributed by atoms with Crippen molar-refractivity contribution in [3.63, 3.8) is 0 Å². The fraction of sp³-hybridized carbons (Fsp3) is 0.409. The van der Waals surface area contributed by atoms with Gasteiger partial charge >= 0.3 is 0 Å². The van der Waals surface area contributed by atoms with Crippen LogP contribution in [0, 0.1) is 13.8 Å². The van der Waals surface area contributed by atoms with E-state index in [1.54, 1.807) is 11.8 Å². The molecule has 1 heterocycles. The number of piperidine rings is 1. The molecule has 1 saturated heterocycles. The summed E-state index contributed by atoms with van der Waals surface area (Å²) in [6.07, 6.45) is 1.45. The van der Waals surface area contributed by atoms with Gasteiger partial charge in [-0.2, -0.15) is 4.72 Å². The van der Waals surface area contributed by atoms with Crippen LogP contribution < -0.4 is 9.46 Å². The van der Waals surface area contributed by atoms with Crippen molar-refractivity contribution in [1.82, 2.24) is 9.62 Å². The van der Waals surface area contributed by atoms with Gasteiger partial charge in [-0.25, -0.2) is 8.42 Å². The fourth-order valence-electron chi connectivity index (χ4n) is 3.41. The Bertz CT molecular complexity index is 1000. The van der Waals surface area contributed by atoms with Crippen LogP contribution in [0.25, 0.3) is 0 Å². The van der Waals surface area contributed by atoms with Gasteiger partial charge < -0.3 is 9.64 Å². The quantitative estimate of drug-likeness (QED) is 0.728. The maximum Gasteiger partial charge on any atom is 0.241 e. The van der Waals surface area contributed by atoms with Crippen LogP contribution in [0.2, 0.25) is 5.02 Å². The average Bonchev–Trinajstić information content (AvgIpc) is 2.71. The number of halogens is 1. The van der Waals surface area contributed by atoms with E-state index in [1.165, 1.54) is 35.4 Å². The Balaban J connectivity index is 1.54. The molecule has 1 aliphatic heterocycles. The van der Waals surface area contributed by atoms with E-state index in [1.807, 2.05) is 18.2 Å². The highest BCUT2D eigenvalue weighted by Gasteiger charge is 2.29. The van der Waals surface area contributed by atoms with Gasteiger partial charge in [0.05, 0.1) is 10.9 Å². The highest BCUT2D eigenvalue weighted by Crippen LogP contribution is 2.22. The first-order valence-electron chi connectivity index (χ1n) is 9.96. The molecule has 6 nitrogen and oxygen atoms in total. The van der Waals surface area contributed by atoms with Crippen LogP contribution in [-0.4, -0.2) is 44.5 Å². The fourth-order valence-corrected chi connectivity index (χ4v) is 4.74.